The maximum Gasteiger partial charge on any atom is 0.122 e. The molecule has 0 radical (unpaired) electrons. The van der Waals surface area contributed by atoms with Crippen molar-refractivity contribution in [3.8, 4) is 5.75 Å². The molecule has 1 atom stereocenters. The molecule has 1 saturated carbocycles. The van der Waals surface area contributed by atoms with Gasteiger partial charge in [-0.25, -0.2) is 0 Å². The van der Waals surface area contributed by atoms with Gasteiger partial charge in [0, 0.05) is 11.5 Å². The van der Waals surface area contributed by atoms with Crippen molar-refractivity contribution in [1.82, 2.24) is 0 Å². The zero-order valence-electron chi connectivity index (χ0n) is 11.7. The van der Waals surface area contributed by atoms with Gasteiger partial charge in [0.15, 0.2) is 0 Å². The standard InChI is InChI=1S/C15H23NO2/c1-9-7-12(18-4)10(2)11(3)13(9)14(16)15(8-17)5-6-15/h7,14,17H,5-6,8,16H2,1-4H3. The van der Waals surface area contributed by atoms with Crippen LogP contribution in [0.15, 0.2) is 6.07 Å². The van der Waals surface area contributed by atoms with Gasteiger partial charge in [0.1, 0.15) is 5.75 Å². The molecule has 0 aromatic heterocycles. The Bertz CT molecular complexity index is 464. The van der Waals surface area contributed by atoms with Gasteiger partial charge in [-0.3, -0.25) is 0 Å². The third-order valence-corrected chi connectivity index (χ3v) is 4.51. The van der Waals surface area contributed by atoms with E-state index in [4.69, 9.17) is 10.5 Å². The minimum Gasteiger partial charge on any atom is -0.496 e. The lowest BCUT2D eigenvalue weighted by Gasteiger charge is -2.26. The van der Waals surface area contributed by atoms with Crippen LogP contribution < -0.4 is 10.5 Å². The first-order valence-electron chi connectivity index (χ1n) is 6.48. The van der Waals surface area contributed by atoms with Crippen LogP contribution in [0.5, 0.6) is 5.75 Å². The fourth-order valence-corrected chi connectivity index (χ4v) is 2.79. The lowest BCUT2D eigenvalue weighted by Crippen LogP contribution is -2.27. The third-order valence-electron chi connectivity index (χ3n) is 4.51. The van der Waals surface area contributed by atoms with E-state index in [9.17, 15) is 5.11 Å². The monoisotopic (exact) mass is 249 g/mol. The Morgan fingerprint density at radius 2 is 1.94 bits per heavy atom. The average Bonchev–Trinajstić information content (AvgIpc) is 3.14. The van der Waals surface area contributed by atoms with Gasteiger partial charge in [-0.2, -0.15) is 0 Å². The zero-order valence-corrected chi connectivity index (χ0v) is 11.7. The van der Waals surface area contributed by atoms with Crippen LogP contribution in [0.25, 0.3) is 0 Å². The number of aryl methyl sites for hydroxylation is 1. The van der Waals surface area contributed by atoms with E-state index in [2.05, 4.69) is 20.8 Å². The summed E-state index contributed by atoms with van der Waals surface area (Å²) in [6.07, 6.45) is 2.04. The molecule has 1 aromatic rings. The summed E-state index contributed by atoms with van der Waals surface area (Å²) < 4.78 is 5.38. The van der Waals surface area contributed by atoms with Gasteiger partial charge in [-0.1, -0.05) is 0 Å². The second-order valence-corrected chi connectivity index (χ2v) is 5.56. The summed E-state index contributed by atoms with van der Waals surface area (Å²) in [6, 6.07) is 1.97. The molecule has 100 valence electrons. The molecule has 1 aromatic carbocycles. The van der Waals surface area contributed by atoms with Crippen LogP contribution in [0.3, 0.4) is 0 Å². The molecule has 0 heterocycles. The molecule has 0 amide bonds. The van der Waals surface area contributed by atoms with Gasteiger partial charge < -0.3 is 15.6 Å². The molecule has 1 fully saturated rings. The second-order valence-electron chi connectivity index (χ2n) is 5.56. The molecule has 1 aliphatic carbocycles. The van der Waals surface area contributed by atoms with Crippen LogP contribution in [0, 0.1) is 26.2 Å². The van der Waals surface area contributed by atoms with Gasteiger partial charge >= 0.3 is 0 Å². The SMILES string of the molecule is COc1cc(C)c(C(N)C2(CO)CC2)c(C)c1C. The Morgan fingerprint density at radius 3 is 2.39 bits per heavy atom. The molecular weight excluding hydrogens is 226 g/mol. The Morgan fingerprint density at radius 1 is 1.33 bits per heavy atom. The van der Waals surface area contributed by atoms with Crippen LogP contribution in [0.1, 0.15) is 41.1 Å². The van der Waals surface area contributed by atoms with E-state index in [0.717, 1.165) is 29.7 Å². The highest BCUT2D eigenvalue weighted by molar-refractivity contribution is 5.50. The number of aliphatic hydroxyl groups is 1. The third kappa shape index (κ3) is 1.91. The maximum absolute atomic E-state index is 9.54. The van der Waals surface area contributed by atoms with Crippen molar-refractivity contribution in [3.05, 3.63) is 28.3 Å². The van der Waals surface area contributed by atoms with Crippen molar-refractivity contribution < 1.29 is 9.84 Å². The Labute approximate surface area is 109 Å². The van der Waals surface area contributed by atoms with E-state index in [-0.39, 0.29) is 18.1 Å². The van der Waals surface area contributed by atoms with Gasteiger partial charge in [0.2, 0.25) is 0 Å². The van der Waals surface area contributed by atoms with E-state index in [1.807, 2.05) is 6.07 Å². The van der Waals surface area contributed by atoms with Crippen LogP contribution in [0.4, 0.5) is 0 Å². The summed E-state index contributed by atoms with van der Waals surface area (Å²) in [6.45, 7) is 6.39. The highest BCUT2D eigenvalue weighted by Gasteiger charge is 2.48. The first kappa shape index (κ1) is 13.4. The summed E-state index contributed by atoms with van der Waals surface area (Å²) >= 11 is 0. The van der Waals surface area contributed by atoms with Crippen molar-refractivity contribution in [2.45, 2.75) is 39.7 Å². The number of hydrogen-bond acceptors (Lipinski definition) is 3. The lowest BCUT2D eigenvalue weighted by atomic mass is 9.84. The molecule has 0 aliphatic heterocycles. The molecule has 18 heavy (non-hydrogen) atoms. The first-order valence-corrected chi connectivity index (χ1v) is 6.48. The molecule has 3 nitrogen and oxygen atoms in total. The Hall–Kier alpha value is -1.06. The minimum atomic E-state index is -0.0868. The zero-order chi connectivity index (χ0) is 13.5. The largest absolute Gasteiger partial charge is 0.496 e. The van der Waals surface area contributed by atoms with E-state index in [0.29, 0.717) is 0 Å². The number of aliphatic hydroxyl groups excluding tert-OH is 1. The molecule has 3 heteroatoms. The van der Waals surface area contributed by atoms with Crippen LogP contribution >= 0.6 is 0 Å². The fourth-order valence-electron chi connectivity index (χ4n) is 2.79. The van der Waals surface area contributed by atoms with Crippen LogP contribution in [-0.4, -0.2) is 18.8 Å². The van der Waals surface area contributed by atoms with Crippen molar-refractivity contribution in [1.29, 1.82) is 0 Å². The summed E-state index contributed by atoms with van der Waals surface area (Å²) in [7, 11) is 1.69. The first-order chi connectivity index (χ1) is 8.46. The van der Waals surface area contributed by atoms with Crippen LogP contribution in [0.2, 0.25) is 0 Å². The topological polar surface area (TPSA) is 55.5 Å². The van der Waals surface area contributed by atoms with Gasteiger partial charge in [-0.05, 0) is 61.9 Å². The number of ether oxygens (including phenoxy) is 1. The highest BCUT2D eigenvalue weighted by atomic mass is 16.5. The quantitative estimate of drug-likeness (QED) is 0.861. The summed E-state index contributed by atoms with van der Waals surface area (Å²) in [5.41, 5.74) is 11.0. The number of benzene rings is 1. The second kappa shape index (κ2) is 4.56. The van der Waals surface area contributed by atoms with Gasteiger partial charge in [-0.15, -0.1) is 0 Å². The summed E-state index contributed by atoms with van der Waals surface area (Å²) in [5.74, 6) is 0.912. The van der Waals surface area contributed by atoms with Crippen molar-refractivity contribution >= 4 is 0 Å². The number of methoxy groups -OCH3 is 1. The summed E-state index contributed by atoms with van der Waals surface area (Å²) in [5, 5.41) is 9.54. The van der Waals surface area contributed by atoms with E-state index >= 15 is 0 Å². The van der Waals surface area contributed by atoms with Gasteiger partial charge in [0.05, 0.1) is 13.7 Å². The lowest BCUT2D eigenvalue weighted by molar-refractivity contribution is 0.187. The maximum atomic E-state index is 9.54. The molecule has 1 unspecified atom stereocenters. The molecule has 0 spiro atoms. The number of nitrogens with two attached hydrogens (primary N) is 1. The van der Waals surface area contributed by atoms with E-state index < -0.39 is 0 Å². The molecule has 3 N–H and O–H groups in total. The molecule has 1 aliphatic rings. The van der Waals surface area contributed by atoms with Crippen LogP contribution in [-0.2, 0) is 0 Å². The highest BCUT2D eigenvalue weighted by Crippen LogP contribution is 2.54. The Balaban J connectivity index is 2.48. The molecule has 0 bridgehead atoms. The fraction of sp³-hybridized carbons (Fsp3) is 0.600. The molecule has 2 rings (SSSR count). The van der Waals surface area contributed by atoms with Crippen molar-refractivity contribution in [3.63, 3.8) is 0 Å². The molecular formula is C15H23NO2. The van der Waals surface area contributed by atoms with E-state index in [1.54, 1.807) is 7.11 Å². The smallest absolute Gasteiger partial charge is 0.122 e. The normalized spacial score (nSPS) is 18.6. The van der Waals surface area contributed by atoms with Gasteiger partial charge in [0.25, 0.3) is 0 Å². The van der Waals surface area contributed by atoms with Crippen molar-refractivity contribution in [2.75, 3.05) is 13.7 Å². The van der Waals surface area contributed by atoms with Crippen molar-refractivity contribution in [2.24, 2.45) is 11.1 Å². The minimum absolute atomic E-state index is 0.0768. The molecule has 0 saturated heterocycles. The van der Waals surface area contributed by atoms with E-state index in [1.165, 1.54) is 11.1 Å². The predicted molar refractivity (Wildman–Crippen MR) is 72.9 cm³/mol. The Kier molecular flexibility index (Phi) is 3.39. The summed E-state index contributed by atoms with van der Waals surface area (Å²) in [4.78, 5) is 0. The number of rotatable bonds is 4. The average molecular weight is 249 g/mol. The number of hydrogen-bond donors (Lipinski definition) is 2. The predicted octanol–water partition coefficient (Wildman–Crippen LogP) is 2.39.